The second kappa shape index (κ2) is 6.23. The van der Waals surface area contributed by atoms with Crippen molar-refractivity contribution in [2.24, 2.45) is 0 Å². The summed E-state index contributed by atoms with van der Waals surface area (Å²) in [6.07, 6.45) is 1.58. The molecule has 0 N–H and O–H groups in total. The molecule has 0 amide bonds. The zero-order valence-electron chi connectivity index (χ0n) is 9.15. The molecule has 0 spiro atoms. The highest BCUT2D eigenvalue weighted by Gasteiger charge is 2.16. The highest BCUT2D eigenvalue weighted by molar-refractivity contribution is 6.17. The molecule has 0 unspecified atom stereocenters. The van der Waals surface area contributed by atoms with Crippen molar-refractivity contribution in [3.8, 4) is 0 Å². The first kappa shape index (κ1) is 13.5. The number of ether oxygens (including phenoxy) is 1. The zero-order chi connectivity index (χ0) is 10.7. The molecule has 0 bridgehead atoms. The fourth-order valence-corrected chi connectivity index (χ4v) is 1.97. The SMILES string of the molecule is Cc1c(CCl)ncnc1N1CCOCC1.Cl. The molecule has 0 aromatic carbocycles. The van der Waals surface area contributed by atoms with Crippen molar-refractivity contribution >= 4 is 29.8 Å². The van der Waals surface area contributed by atoms with E-state index in [0.29, 0.717) is 5.88 Å². The van der Waals surface area contributed by atoms with E-state index in [1.165, 1.54) is 0 Å². The largest absolute Gasteiger partial charge is 0.378 e. The molecule has 2 rings (SSSR count). The summed E-state index contributed by atoms with van der Waals surface area (Å²) in [7, 11) is 0. The lowest BCUT2D eigenvalue weighted by Gasteiger charge is -2.29. The molecule has 0 radical (unpaired) electrons. The maximum Gasteiger partial charge on any atom is 0.135 e. The van der Waals surface area contributed by atoms with Gasteiger partial charge in [-0.25, -0.2) is 9.97 Å². The maximum absolute atomic E-state index is 5.81. The van der Waals surface area contributed by atoms with Gasteiger partial charge in [0.1, 0.15) is 12.1 Å². The van der Waals surface area contributed by atoms with Gasteiger partial charge in [-0.15, -0.1) is 24.0 Å². The van der Waals surface area contributed by atoms with Gasteiger partial charge in [0.25, 0.3) is 0 Å². The molecule has 1 saturated heterocycles. The van der Waals surface area contributed by atoms with E-state index in [2.05, 4.69) is 14.9 Å². The molecule has 1 aliphatic rings. The molecule has 0 saturated carbocycles. The van der Waals surface area contributed by atoms with E-state index < -0.39 is 0 Å². The Hall–Kier alpha value is -0.580. The predicted octanol–water partition coefficient (Wildman–Crippen LogP) is 1.78. The third kappa shape index (κ3) is 2.75. The number of alkyl halides is 1. The average Bonchev–Trinajstić information content (AvgIpc) is 2.30. The molecule has 1 aromatic rings. The van der Waals surface area contributed by atoms with Crippen LogP contribution in [0.5, 0.6) is 0 Å². The lowest BCUT2D eigenvalue weighted by Crippen LogP contribution is -2.37. The summed E-state index contributed by atoms with van der Waals surface area (Å²) in [4.78, 5) is 10.7. The molecular formula is C10H15Cl2N3O. The topological polar surface area (TPSA) is 38.2 Å². The van der Waals surface area contributed by atoms with Crippen molar-refractivity contribution in [2.45, 2.75) is 12.8 Å². The molecule has 0 aliphatic carbocycles. The summed E-state index contributed by atoms with van der Waals surface area (Å²) in [6.45, 7) is 5.32. The van der Waals surface area contributed by atoms with Crippen LogP contribution in [-0.4, -0.2) is 36.3 Å². The Morgan fingerprint density at radius 3 is 2.69 bits per heavy atom. The van der Waals surface area contributed by atoms with Gasteiger partial charge in [-0.05, 0) is 6.92 Å². The number of hydrogen-bond donors (Lipinski definition) is 0. The number of anilines is 1. The first-order valence-electron chi connectivity index (χ1n) is 5.02. The van der Waals surface area contributed by atoms with E-state index in [4.69, 9.17) is 16.3 Å². The Kier molecular flexibility index (Phi) is 5.25. The minimum atomic E-state index is 0. The van der Waals surface area contributed by atoms with Crippen molar-refractivity contribution < 1.29 is 4.74 Å². The van der Waals surface area contributed by atoms with Gasteiger partial charge in [0.2, 0.25) is 0 Å². The minimum Gasteiger partial charge on any atom is -0.378 e. The van der Waals surface area contributed by atoms with Gasteiger partial charge >= 0.3 is 0 Å². The van der Waals surface area contributed by atoms with Gasteiger partial charge in [-0.3, -0.25) is 0 Å². The maximum atomic E-state index is 5.81. The van der Waals surface area contributed by atoms with E-state index in [1.54, 1.807) is 6.33 Å². The van der Waals surface area contributed by atoms with Crippen LogP contribution in [0, 0.1) is 6.92 Å². The molecule has 1 aliphatic heterocycles. The summed E-state index contributed by atoms with van der Waals surface area (Å²) in [6, 6.07) is 0. The molecule has 90 valence electrons. The van der Waals surface area contributed by atoms with E-state index in [9.17, 15) is 0 Å². The number of rotatable bonds is 2. The van der Waals surface area contributed by atoms with Gasteiger partial charge in [0, 0.05) is 18.7 Å². The van der Waals surface area contributed by atoms with Crippen LogP contribution in [0.25, 0.3) is 0 Å². The van der Waals surface area contributed by atoms with E-state index in [-0.39, 0.29) is 12.4 Å². The lowest BCUT2D eigenvalue weighted by atomic mass is 10.2. The van der Waals surface area contributed by atoms with Gasteiger partial charge in [-0.1, -0.05) is 0 Å². The van der Waals surface area contributed by atoms with Crippen LogP contribution < -0.4 is 4.90 Å². The Morgan fingerprint density at radius 1 is 1.38 bits per heavy atom. The molecular weight excluding hydrogens is 249 g/mol. The van der Waals surface area contributed by atoms with Gasteiger partial charge < -0.3 is 9.64 Å². The van der Waals surface area contributed by atoms with E-state index in [1.807, 2.05) is 6.92 Å². The molecule has 1 aromatic heterocycles. The van der Waals surface area contributed by atoms with Crippen LogP contribution >= 0.6 is 24.0 Å². The lowest BCUT2D eigenvalue weighted by molar-refractivity contribution is 0.122. The predicted molar refractivity (Wildman–Crippen MR) is 66.6 cm³/mol. The van der Waals surface area contributed by atoms with Crippen molar-refractivity contribution in [3.63, 3.8) is 0 Å². The number of halogens is 2. The fraction of sp³-hybridized carbons (Fsp3) is 0.600. The van der Waals surface area contributed by atoms with Crippen molar-refractivity contribution in [3.05, 3.63) is 17.6 Å². The Bertz CT molecular complexity index is 343. The summed E-state index contributed by atoms with van der Waals surface area (Å²) in [5.41, 5.74) is 1.99. The smallest absolute Gasteiger partial charge is 0.135 e. The second-order valence-electron chi connectivity index (χ2n) is 3.50. The van der Waals surface area contributed by atoms with E-state index >= 15 is 0 Å². The highest BCUT2D eigenvalue weighted by Crippen LogP contribution is 2.20. The highest BCUT2D eigenvalue weighted by atomic mass is 35.5. The van der Waals surface area contributed by atoms with Gasteiger partial charge in [-0.2, -0.15) is 0 Å². The fourth-order valence-electron chi connectivity index (χ4n) is 1.70. The number of aromatic nitrogens is 2. The normalized spacial score (nSPS) is 15.8. The summed E-state index contributed by atoms with van der Waals surface area (Å²) in [5.74, 6) is 1.43. The zero-order valence-corrected chi connectivity index (χ0v) is 10.7. The Labute approximate surface area is 106 Å². The number of hydrogen-bond acceptors (Lipinski definition) is 4. The van der Waals surface area contributed by atoms with Crippen molar-refractivity contribution in [2.75, 3.05) is 31.2 Å². The minimum absolute atomic E-state index is 0. The van der Waals surface area contributed by atoms with Crippen LogP contribution in [0.1, 0.15) is 11.3 Å². The van der Waals surface area contributed by atoms with Crippen LogP contribution in [0.3, 0.4) is 0 Å². The molecule has 1 fully saturated rings. The van der Waals surface area contributed by atoms with Crippen LogP contribution in [0.2, 0.25) is 0 Å². The first-order chi connectivity index (χ1) is 7.33. The number of nitrogens with zero attached hydrogens (tertiary/aromatic N) is 3. The molecule has 6 heteroatoms. The van der Waals surface area contributed by atoms with Crippen molar-refractivity contribution in [1.82, 2.24) is 9.97 Å². The van der Waals surface area contributed by atoms with Crippen LogP contribution in [0.4, 0.5) is 5.82 Å². The van der Waals surface area contributed by atoms with Crippen LogP contribution in [-0.2, 0) is 10.6 Å². The van der Waals surface area contributed by atoms with Crippen LogP contribution in [0.15, 0.2) is 6.33 Å². The summed E-state index contributed by atoms with van der Waals surface area (Å²) < 4.78 is 5.31. The third-order valence-electron chi connectivity index (χ3n) is 2.60. The van der Waals surface area contributed by atoms with Gasteiger partial charge in [0.15, 0.2) is 0 Å². The third-order valence-corrected chi connectivity index (χ3v) is 2.85. The van der Waals surface area contributed by atoms with Gasteiger partial charge in [0.05, 0.1) is 24.8 Å². The van der Waals surface area contributed by atoms with Crippen molar-refractivity contribution in [1.29, 1.82) is 0 Å². The second-order valence-corrected chi connectivity index (χ2v) is 3.77. The summed E-state index contributed by atoms with van der Waals surface area (Å²) in [5, 5.41) is 0. The molecule has 0 atom stereocenters. The standard InChI is InChI=1S/C10H14ClN3O.ClH/c1-8-9(6-11)12-7-13-10(8)14-2-4-15-5-3-14;/h7H,2-6H2,1H3;1H. The first-order valence-corrected chi connectivity index (χ1v) is 5.55. The monoisotopic (exact) mass is 263 g/mol. The Balaban J connectivity index is 0.00000128. The summed E-state index contributed by atoms with van der Waals surface area (Å²) >= 11 is 5.81. The Morgan fingerprint density at radius 2 is 2.06 bits per heavy atom. The average molecular weight is 264 g/mol. The molecule has 2 heterocycles. The molecule has 16 heavy (non-hydrogen) atoms. The molecule has 4 nitrogen and oxygen atoms in total. The van der Waals surface area contributed by atoms with E-state index in [0.717, 1.165) is 43.4 Å². The number of morpholine rings is 1. The quantitative estimate of drug-likeness (QED) is 0.763.